The molecule has 0 saturated heterocycles. The third-order valence-corrected chi connectivity index (χ3v) is 3.04. The SMILES string of the molecule is Nc1cc(NC(=O)c2c[nH]ccc2=O)ccc1Br. The van der Waals surface area contributed by atoms with Crippen molar-refractivity contribution < 1.29 is 4.79 Å². The average Bonchev–Trinajstić information content (AvgIpc) is 2.34. The minimum atomic E-state index is -0.474. The van der Waals surface area contributed by atoms with Crippen LogP contribution in [0.15, 0.2) is 45.9 Å². The van der Waals surface area contributed by atoms with E-state index >= 15 is 0 Å². The van der Waals surface area contributed by atoms with E-state index in [0.29, 0.717) is 11.4 Å². The molecule has 0 aliphatic carbocycles. The smallest absolute Gasteiger partial charge is 0.261 e. The summed E-state index contributed by atoms with van der Waals surface area (Å²) in [5, 5.41) is 2.61. The molecule has 1 aromatic heterocycles. The number of nitrogens with two attached hydrogens (primary N) is 1. The van der Waals surface area contributed by atoms with Crippen LogP contribution in [-0.4, -0.2) is 10.9 Å². The van der Waals surface area contributed by atoms with Gasteiger partial charge in [0.2, 0.25) is 0 Å². The van der Waals surface area contributed by atoms with Crippen molar-refractivity contribution in [3.05, 3.63) is 56.9 Å². The lowest BCUT2D eigenvalue weighted by Gasteiger charge is -2.06. The van der Waals surface area contributed by atoms with Crippen molar-refractivity contribution in [1.82, 2.24) is 4.98 Å². The van der Waals surface area contributed by atoms with Gasteiger partial charge in [0.1, 0.15) is 5.56 Å². The minimum Gasteiger partial charge on any atom is -0.398 e. The number of aromatic nitrogens is 1. The number of rotatable bonds is 2. The molecule has 0 radical (unpaired) electrons. The van der Waals surface area contributed by atoms with Gasteiger partial charge < -0.3 is 16.0 Å². The zero-order valence-electron chi connectivity index (χ0n) is 9.24. The zero-order valence-corrected chi connectivity index (χ0v) is 10.8. The lowest BCUT2D eigenvalue weighted by molar-refractivity contribution is 0.102. The summed E-state index contributed by atoms with van der Waals surface area (Å²) < 4.78 is 0.748. The number of amides is 1. The second-order valence-electron chi connectivity index (χ2n) is 3.61. The van der Waals surface area contributed by atoms with E-state index in [2.05, 4.69) is 26.2 Å². The highest BCUT2D eigenvalue weighted by Crippen LogP contribution is 2.23. The molecule has 18 heavy (non-hydrogen) atoms. The number of benzene rings is 1. The lowest BCUT2D eigenvalue weighted by atomic mass is 10.2. The van der Waals surface area contributed by atoms with Crippen LogP contribution < -0.4 is 16.5 Å². The second-order valence-corrected chi connectivity index (χ2v) is 4.47. The summed E-state index contributed by atoms with van der Waals surface area (Å²) in [4.78, 5) is 26.0. The van der Waals surface area contributed by atoms with Crippen molar-refractivity contribution >= 4 is 33.2 Å². The van der Waals surface area contributed by atoms with Gasteiger partial charge in [-0.3, -0.25) is 9.59 Å². The summed E-state index contributed by atoms with van der Waals surface area (Å²) >= 11 is 3.26. The number of anilines is 2. The first-order chi connectivity index (χ1) is 8.58. The van der Waals surface area contributed by atoms with Gasteiger partial charge in [0.15, 0.2) is 5.43 Å². The molecule has 4 N–H and O–H groups in total. The van der Waals surface area contributed by atoms with E-state index in [0.717, 1.165) is 4.47 Å². The zero-order chi connectivity index (χ0) is 13.1. The van der Waals surface area contributed by atoms with E-state index in [1.165, 1.54) is 18.5 Å². The number of carbonyl (C=O) groups is 1. The molecule has 0 atom stereocenters. The van der Waals surface area contributed by atoms with Crippen LogP contribution in [0.3, 0.4) is 0 Å². The molecule has 2 aromatic rings. The topological polar surface area (TPSA) is 88.0 Å². The maximum atomic E-state index is 11.8. The molecular weight excluding hydrogens is 298 g/mol. The van der Waals surface area contributed by atoms with Crippen molar-refractivity contribution in [2.45, 2.75) is 0 Å². The van der Waals surface area contributed by atoms with E-state index in [9.17, 15) is 9.59 Å². The van der Waals surface area contributed by atoms with Gasteiger partial charge in [-0.15, -0.1) is 0 Å². The monoisotopic (exact) mass is 307 g/mol. The van der Waals surface area contributed by atoms with Crippen molar-refractivity contribution in [1.29, 1.82) is 0 Å². The molecule has 5 nitrogen and oxygen atoms in total. The van der Waals surface area contributed by atoms with Crippen LogP contribution >= 0.6 is 15.9 Å². The summed E-state index contributed by atoms with van der Waals surface area (Å²) in [6.07, 6.45) is 2.83. The van der Waals surface area contributed by atoms with Gasteiger partial charge in [-0.2, -0.15) is 0 Å². The Balaban J connectivity index is 2.24. The van der Waals surface area contributed by atoms with Crippen LogP contribution in [0, 0.1) is 0 Å². The van der Waals surface area contributed by atoms with Gasteiger partial charge >= 0.3 is 0 Å². The number of nitrogens with one attached hydrogen (secondary N) is 2. The molecule has 0 unspecified atom stereocenters. The maximum absolute atomic E-state index is 11.8. The normalized spacial score (nSPS) is 10.1. The van der Waals surface area contributed by atoms with E-state index in [1.807, 2.05) is 0 Å². The quantitative estimate of drug-likeness (QED) is 0.741. The number of hydrogen-bond acceptors (Lipinski definition) is 3. The van der Waals surface area contributed by atoms with Crippen LogP contribution in [-0.2, 0) is 0 Å². The Bertz CT molecular complexity index is 652. The highest BCUT2D eigenvalue weighted by Gasteiger charge is 2.10. The number of aromatic amines is 1. The summed E-state index contributed by atoms with van der Waals surface area (Å²) in [6, 6.07) is 6.32. The highest BCUT2D eigenvalue weighted by atomic mass is 79.9. The fourth-order valence-electron chi connectivity index (χ4n) is 1.41. The van der Waals surface area contributed by atoms with E-state index in [1.54, 1.807) is 18.2 Å². The molecule has 1 aromatic carbocycles. The van der Waals surface area contributed by atoms with Crippen LogP contribution in [0.4, 0.5) is 11.4 Å². The van der Waals surface area contributed by atoms with Gasteiger partial charge in [-0.05, 0) is 34.1 Å². The highest BCUT2D eigenvalue weighted by molar-refractivity contribution is 9.10. The van der Waals surface area contributed by atoms with Gasteiger partial charge in [-0.25, -0.2) is 0 Å². The van der Waals surface area contributed by atoms with Gasteiger partial charge in [0.25, 0.3) is 5.91 Å². The second kappa shape index (κ2) is 5.05. The predicted octanol–water partition coefficient (Wildman–Crippen LogP) is 1.97. The largest absolute Gasteiger partial charge is 0.398 e. The van der Waals surface area contributed by atoms with Crippen LogP contribution in [0.25, 0.3) is 0 Å². The Morgan fingerprint density at radius 1 is 1.33 bits per heavy atom. The summed E-state index contributed by atoms with van der Waals surface area (Å²) in [7, 11) is 0. The minimum absolute atomic E-state index is 0.0546. The molecule has 0 bridgehead atoms. The number of nitrogen functional groups attached to an aromatic ring is 1. The number of hydrogen-bond donors (Lipinski definition) is 3. The molecule has 0 spiro atoms. The summed E-state index contributed by atoms with van der Waals surface area (Å²) in [5.74, 6) is -0.474. The molecular formula is C12H10BrN3O2. The summed E-state index contributed by atoms with van der Waals surface area (Å²) in [6.45, 7) is 0. The Hall–Kier alpha value is -2.08. The number of H-pyrrole nitrogens is 1. The molecule has 0 fully saturated rings. The van der Waals surface area contributed by atoms with Gasteiger partial charge in [-0.1, -0.05) is 0 Å². The summed E-state index contributed by atoms with van der Waals surface area (Å²) in [5.41, 5.74) is 6.46. The number of pyridine rings is 1. The molecule has 0 aliphatic heterocycles. The first-order valence-electron chi connectivity index (χ1n) is 5.11. The fraction of sp³-hybridized carbons (Fsp3) is 0. The third kappa shape index (κ3) is 2.60. The Kier molecular flexibility index (Phi) is 3.47. The van der Waals surface area contributed by atoms with Gasteiger partial charge in [0, 0.05) is 34.3 Å². The Labute approximate surface area is 111 Å². The molecule has 0 saturated carbocycles. The molecule has 92 valence electrons. The van der Waals surface area contributed by atoms with Crippen LogP contribution in [0.5, 0.6) is 0 Å². The number of carbonyl (C=O) groups excluding carboxylic acids is 1. The molecule has 1 amide bonds. The van der Waals surface area contributed by atoms with E-state index in [-0.39, 0.29) is 11.0 Å². The van der Waals surface area contributed by atoms with Crippen molar-refractivity contribution in [3.63, 3.8) is 0 Å². The van der Waals surface area contributed by atoms with E-state index < -0.39 is 5.91 Å². The molecule has 2 rings (SSSR count). The van der Waals surface area contributed by atoms with Crippen molar-refractivity contribution in [2.24, 2.45) is 0 Å². The van der Waals surface area contributed by atoms with Gasteiger partial charge in [0.05, 0.1) is 0 Å². The predicted molar refractivity (Wildman–Crippen MR) is 73.6 cm³/mol. The lowest BCUT2D eigenvalue weighted by Crippen LogP contribution is -2.20. The standard InChI is InChI=1S/C12H10BrN3O2/c13-9-2-1-7(5-10(9)14)16-12(18)8-6-15-4-3-11(8)17/h1-6H,14H2,(H,15,17)(H,16,18). The first-order valence-corrected chi connectivity index (χ1v) is 5.90. The van der Waals surface area contributed by atoms with Crippen LogP contribution in [0.2, 0.25) is 0 Å². The Morgan fingerprint density at radius 2 is 2.11 bits per heavy atom. The Morgan fingerprint density at radius 3 is 2.78 bits per heavy atom. The average molecular weight is 308 g/mol. The van der Waals surface area contributed by atoms with Crippen molar-refractivity contribution in [2.75, 3.05) is 11.1 Å². The molecule has 6 heteroatoms. The molecule has 0 aliphatic rings. The number of halogens is 1. The molecule has 1 heterocycles. The van der Waals surface area contributed by atoms with Crippen molar-refractivity contribution in [3.8, 4) is 0 Å². The maximum Gasteiger partial charge on any atom is 0.261 e. The third-order valence-electron chi connectivity index (χ3n) is 2.32. The van der Waals surface area contributed by atoms with Crippen LogP contribution in [0.1, 0.15) is 10.4 Å². The first kappa shape index (κ1) is 12.4. The van der Waals surface area contributed by atoms with E-state index in [4.69, 9.17) is 5.73 Å². The fourth-order valence-corrected chi connectivity index (χ4v) is 1.66.